The molecule has 32 heavy (non-hydrogen) atoms. The molecular formula is C27H25BrFNOSi. The standard InChI is InChI=1S/C27H25BrFNOSi/c1-27(2,3)19-14-15-23(26-24(29)17-20(28)18-30-26)25(16-19)31-32(21-10-6-4-7-11-21)22-12-8-5-9-13-22/h4-18,32H,1-3H3. The first-order valence-corrected chi connectivity index (χ1v) is 13.0. The van der Waals surface area contributed by atoms with E-state index in [0.29, 0.717) is 15.8 Å². The molecule has 0 atom stereocenters. The first-order valence-electron chi connectivity index (χ1n) is 10.6. The van der Waals surface area contributed by atoms with E-state index >= 15 is 0 Å². The molecule has 3 aromatic carbocycles. The maximum absolute atomic E-state index is 14.9. The van der Waals surface area contributed by atoms with Crippen LogP contribution in [-0.4, -0.2) is 14.0 Å². The minimum atomic E-state index is -2.09. The highest BCUT2D eigenvalue weighted by Crippen LogP contribution is 2.35. The van der Waals surface area contributed by atoms with Gasteiger partial charge in [-0.05, 0) is 55.5 Å². The van der Waals surface area contributed by atoms with Gasteiger partial charge < -0.3 is 4.43 Å². The Morgan fingerprint density at radius 1 is 0.844 bits per heavy atom. The maximum Gasteiger partial charge on any atom is 0.299 e. The molecule has 1 heterocycles. The van der Waals surface area contributed by atoms with Gasteiger partial charge in [0.15, 0.2) is 5.82 Å². The zero-order valence-electron chi connectivity index (χ0n) is 18.3. The van der Waals surface area contributed by atoms with Crippen LogP contribution in [0.3, 0.4) is 0 Å². The molecule has 4 rings (SSSR count). The summed E-state index contributed by atoms with van der Waals surface area (Å²) in [7, 11) is -2.09. The first kappa shape index (κ1) is 22.4. The van der Waals surface area contributed by atoms with Gasteiger partial charge in [-0.2, -0.15) is 0 Å². The van der Waals surface area contributed by atoms with E-state index in [1.54, 1.807) is 6.20 Å². The maximum atomic E-state index is 14.9. The predicted octanol–water partition coefficient (Wildman–Crippen LogP) is 5.86. The number of halogens is 2. The number of hydrogen-bond acceptors (Lipinski definition) is 2. The van der Waals surface area contributed by atoms with Crippen molar-refractivity contribution in [2.75, 3.05) is 0 Å². The van der Waals surface area contributed by atoms with Crippen LogP contribution in [0.2, 0.25) is 0 Å². The number of rotatable bonds is 5. The molecule has 0 radical (unpaired) electrons. The van der Waals surface area contributed by atoms with Crippen molar-refractivity contribution in [2.24, 2.45) is 0 Å². The Labute approximate surface area is 199 Å². The van der Waals surface area contributed by atoms with Crippen molar-refractivity contribution < 1.29 is 8.82 Å². The second kappa shape index (κ2) is 9.39. The molecule has 0 bridgehead atoms. The van der Waals surface area contributed by atoms with Gasteiger partial charge >= 0.3 is 0 Å². The van der Waals surface area contributed by atoms with Gasteiger partial charge in [-0.25, -0.2) is 4.39 Å². The molecule has 0 saturated carbocycles. The second-order valence-corrected chi connectivity index (χ2v) is 12.0. The Morgan fingerprint density at radius 3 is 1.97 bits per heavy atom. The molecule has 4 aromatic rings. The van der Waals surface area contributed by atoms with Crippen molar-refractivity contribution >= 4 is 35.3 Å². The predicted molar refractivity (Wildman–Crippen MR) is 136 cm³/mol. The summed E-state index contributed by atoms with van der Waals surface area (Å²) >= 11 is 3.30. The third-order valence-electron chi connectivity index (χ3n) is 5.36. The summed E-state index contributed by atoms with van der Waals surface area (Å²) in [4.78, 5) is 4.37. The lowest BCUT2D eigenvalue weighted by molar-refractivity contribution is 0.566. The minimum Gasteiger partial charge on any atom is -0.537 e. The van der Waals surface area contributed by atoms with E-state index in [1.807, 2.05) is 54.6 Å². The average molecular weight is 506 g/mol. The fourth-order valence-corrected chi connectivity index (χ4v) is 6.16. The Hall–Kier alpha value is -2.76. The van der Waals surface area contributed by atoms with Gasteiger partial charge in [-0.1, -0.05) is 87.5 Å². The number of pyridine rings is 1. The van der Waals surface area contributed by atoms with E-state index in [0.717, 1.165) is 15.9 Å². The number of nitrogens with zero attached hydrogens (tertiary/aromatic N) is 1. The summed E-state index contributed by atoms with van der Waals surface area (Å²) in [6.07, 6.45) is 1.61. The smallest absolute Gasteiger partial charge is 0.299 e. The molecule has 0 saturated heterocycles. The van der Waals surface area contributed by atoms with Crippen LogP contribution in [0.1, 0.15) is 26.3 Å². The third kappa shape index (κ3) is 5.00. The Bertz CT molecular complexity index is 1170. The minimum absolute atomic E-state index is 0.0706. The zero-order valence-corrected chi connectivity index (χ0v) is 21.1. The lowest BCUT2D eigenvalue weighted by Gasteiger charge is -2.25. The monoisotopic (exact) mass is 505 g/mol. The van der Waals surface area contributed by atoms with Crippen molar-refractivity contribution in [3.8, 4) is 17.0 Å². The molecule has 0 aliphatic heterocycles. The normalized spacial score (nSPS) is 11.6. The first-order chi connectivity index (χ1) is 15.3. The fourth-order valence-electron chi connectivity index (χ4n) is 3.61. The van der Waals surface area contributed by atoms with E-state index < -0.39 is 9.04 Å². The summed E-state index contributed by atoms with van der Waals surface area (Å²) in [6.45, 7) is 6.48. The van der Waals surface area contributed by atoms with Crippen LogP contribution in [0.25, 0.3) is 11.3 Å². The van der Waals surface area contributed by atoms with Gasteiger partial charge in [0.05, 0.1) is 0 Å². The van der Waals surface area contributed by atoms with E-state index in [4.69, 9.17) is 4.43 Å². The molecule has 0 aliphatic carbocycles. The van der Waals surface area contributed by atoms with Crippen molar-refractivity contribution in [1.82, 2.24) is 4.98 Å². The van der Waals surface area contributed by atoms with Crippen LogP contribution in [0, 0.1) is 5.82 Å². The quantitative estimate of drug-likeness (QED) is 0.316. The molecule has 0 N–H and O–H groups in total. The van der Waals surface area contributed by atoms with Crippen LogP contribution < -0.4 is 14.8 Å². The Morgan fingerprint density at radius 2 is 1.44 bits per heavy atom. The Balaban J connectivity index is 1.87. The van der Waals surface area contributed by atoms with Gasteiger partial charge in [-0.15, -0.1) is 0 Å². The van der Waals surface area contributed by atoms with E-state index in [2.05, 4.69) is 66.0 Å². The van der Waals surface area contributed by atoms with Gasteiger partial charge in [0.2, 0.25) is 0 Å². The van der Waals surface area contributed by atoms with Gasteiger partial charge in [0.25, 0.3) is 9.04 Å². The highest BCUT2D eigenvalue weighted by Gasteiger charge is 2.24. The van der Waals surface area contributed by atoms with Gasteiger partial charge in [0.1, 0.15) is 11.4 Å². The summed E-state index contributed by atoms with van der Waals surface area (Å²) < 4.78 is 22.3. The summed E-state index contributed by atoms with van der Waals surface area (Å²) in [5.74, 6) is 0.279. The molecule has 0 aliphatic rings. The Kier molecular flexibility index (Phi) is 6.58. The number of hydrogen-bond donors (Lipinski definition) is 0. The van der Waals surface area contributed by atoms with Crippen molar-refractivity contribution in [1.29, 1.82) is 0 Å². The molecule has 0 spiro atoms. The van der Waals surface area contributed by atoms with Gasteiger partial charge in [-0.3, -0.25) is 4.98 Å². The van der Waals surface area contributed by atoms with Crippen LogP contribution >= 0.6 is 15.9 Å². The molecule has 1 aromatic heterocycles. The third-order valence-corrected chi connectivity index (χ3v) is 8.26. The molecule has 162 valence electrons. The van der Waals surface area contributed by atoms with Crippen molar-refractivity contribution in [2.45, 2.75) is 26.2 Å². The van der Waals surface area contributed by atoms with Crippen LogP contribution in [0.5, 0.6) is 5.75 Å². The topological polar surface area (TPSA) is 22.1 Å². The molecule has 2 nitrogen and oxygen atoms in total. The van der Waals surface area contributed by atoms with E-state index in [9.17, 15) is 4.39 Å². The fraction of sp³-hybridized carbons (Fsp3) is 0.148. The SMILES string of the molecule is CC(C)(C)c1ccc(-c2ncc(Br)cc2F)c(O[SiH](c2ccccc2)c2ccccc2)c1. The lowest BCUT2D eigenvalue weighted by atomic mass is 9.86. The highest BCUT2D eigenvalue weighted by molar-refractivity contribution is 9.10. The van der Waals surface area contributed by atoms with Crippen LogP contribution in [-0.2, 0) is 5.41 Å². The molecule has 0 unspecified atom stereocenters. The number of benzene rings is 3. The lowest BCUT2D eigenvalue weighted by Crippen LogP contribution is -2.47. The molecular weight excluding hydrogens is 481 g/mol. The largest absolute Gasteiger partial charge is 0.537 e. The van der Waals surface area contributed by atoms with Crippen LogP contribution in [0.15, 0.2) is 95.6 Å². The zero-order chi connectivity index (χ0) is 22.7. The van der Waals surface area contributed by atoms with Crippen LogP contribution in [0.4, 0.5) is 4.39 Å². The van der Waals surface area contributed by atoms with Crippen molar-refractivity contribution in [3.63, 3.8) is 0 Å². The molecule has 0 fully saturated rings. The average Bonchev–Trinajstić information content (AvgIpc) is 2.78. The van der Waals surface area contributed by atoms with Crippen molar-refractivity contribution in [3.05, 3.63) is 107 Å². The molecule has 5 heteroatoms. The summed E-state index contributed by atoms with van der Waals surface area (Å²) in [5, 5.41) is 2.32. The van der Waals surface area contributed by atoms with Gasteiger partial charge in [0, 0.05) is 16.2 Å². The van der Waals surface area contributed by atoms with E-state index in [1.165, 1.54) is 6.07 Å². The van der Waals surface area contributed by atoms with E-state index in [-0.39, 0.29) is 16.9 Å². The summed E-state index contributed by atoms with van der Waals surface area (Å²) in [6, 6.07) is 28.0. The molecule has 0 amide bonds. The summed E-state index contributed by atoms with van der Waals surface area (Å²) in [5.41, 5.74) is 2.01. The number of aromatic nitrogens is 1. The second-order valence-electron chi connectivity index (χ2n) is 8.76. The highest BCUT2D eigenvalue weighted by atomic mass is 79.9.